The van der Waals surface area contributed by atoms with E-state index in [1.165, 1.54) is 0 Å². The Labute approximate surface area is 135 Å². The van der Waals surface area contributed by atoms with E-state index in [0.717, 1.165) is 43.9 Å². The van der Waals surface area contributed by atoms with Crippen molar-refractivity contribution in [2.24, 2.45) is 5.92 Å². The van der Waals surface area contributed by atoms with E-state index in [4.69, 9.17) is 0 Å². The van der Waals surface area contributed by atoms with Crippen molar-refractivity contribution < 1.29 is 18.7 Å². The maximum atomic E-state index is 13.6. The van der Waals surface area contributed by atoms with Crippen molar-refractivity contribution in [2.75, 3.05) is 18.9 Å². The van der Waals surface area contributed by atoms with Crippen molar-refractivity contribution in [2.45, 2.75) is 44.8 Å². The van der Waals surface area contributed by atoms with Gasteiger partial charge in [0.2, 0.25) is 5.91 Å². The van der Waals surface area contributed by atoms with Gasteiger partial charge < -0.3 is 10.4 Å². The van der Waals surface area contributed by atoms with Gasteiger partial charge in [-0.15, -0.1) is 0 Å². The minimum Gasteiger partial charge on any atom is -0.393 e. The molecule has 0 spiro atoms. The zero-order valence-electron chi connectivity index (χ0n) is 13.6. The van der Waals surface area contributed by atoms with E-state index in [1.807, 2.05) is 4.90 Å². The second-order valence-electron chi connectivity index (χ2n) is 6.34. The molecular weight excluding hydrogens is 302 g/mol. The molecule has 0 bridgehead atoms. The third-order valence-corrected chi connectivity index (χ3v) is 4.62. The van der Waals surface area contributed by atoms with Gasteiger partial charge in [0.25, 0.3) is 0 Å². The second kappa shape index (κ2) is 7.84. The van der Waals surface area contributed by atoms with Crippen LogP contribution < -0.4 is 5.32 Å². The molecule has 1 aromatic carbocycles. The largest absolute Gasteiger partial charge is 0.393 e. The Morgan fingerprint density at radius 3 is 2.78 bits per heavy atom. The van der Waals surface area contributed by atoms with Crippen molar-refractivity contribution in [1.82, 2.24) is 4.90 Å². The minimum absolute atomic E-state index is 0.148. The monoisotopic (exact) mass is 326 g/mol. The molecule has 23 heavy (non-hydrogen) atoms. The maximum Gasteiger partial charge on any atom is 0.241 e. The molecule has 2 rings (SSSR count). The fourth-order valence-corrected chi connectivity index (χ4v) is 2.96. The summed E-state index contributed by atoms with van der Waals surface area (Å²) in [5.41, 5.74) is -0.159. The van der Waals surface area contributed by atoms with E-state index >= 15 is 0 Å². The highest BCUT2D eigenvalue weighted by Crippen LogP contribution is 2.25. The summed E-state index contributed by atoms with van der Waals surface area (Å²) in [5, 5.41) is 12.4. The predicted octanol–water partition coefficient (Wildman–Crippen LogP) is 2.77. The molecular formula is C17H24F2N2O2. The first-order valence-corrected chi connectivity index (χ1v) is 8.02. The van der Waals surface area contributed by atoms with E-state index in [9.17, 15) is 18.7 Å². The number of benzene rings is 1. The Kier molecular flexibility index (Phi) is 6.07. The maximum absolute atomic E-state index is 13.6. The van der Waals surface area contributed by atoms with E-state index < -0.39 is 23.6 Å². The highest BCUT2D eigenvalue weighted by Gasteiger charge is 2.27. The molecule has 3 atom stereocenters. The van der Waals surface area contributed by atoms with Crippen LogP contribution in [0.2, 0.25) is 0 Å². The molecule has 3 unspecified atom stereocenters. The topological polar surface area (TPSA) is 52.6 Å². The smallest absolute Gasteiger partial charge is 0.241 e. The third-order valence-electron chi connectivity index (χ3n) is 4.62. The molecule has 1 amide bonds. The summed E-state index contributed by atoms with van der Waals surface area (Å²) >= 11 is 0. The van der Waals surface area contributed by atoms with Crippen LogP contribution in [0.3, 0.4) is 0 Å². The molecule has 0 aromatic heterocycles. The first-order chi connectivity index (χ1) is 10.9. The Morgan fingerprint density at radius 1 is 1.39 bits per heavy atom. The van der Waals surface area contributed by atoms with Crippen LogP contribution in [0.5, 0.6) is 0 Å². The molecule has 1 fully saturated rings. The van der Waals surface area contributed by atoms with Gasteiger partial charge in [-0.2, -0.15) is 0 Å². The summed E-state index contributed by atoms with van der Waals surface area (Å²) in [6, 6.07) is 2.44. The minimum atomic E-state index is -0.669. The molecule has 128 valence electrons. The number of carbonyl (C=O) groups excluding carboxylic acids is 1. The van der Waals surface area contributed by atoms with Crippen molar-refractivity contribution in [3.63, 3.8) is 0 Å². The third kappa shape index (κ3) is 4.72. The summed E-state index contributed by atoms with van der Waals surface area (Å²) in [6.07, 6.45) is 3.54. The van der Waals surface area contributed by atoms with Crippen LogP contribution in [-0.2, 0) is 4.79 Å². The molecule has 6 heteroatoms. The number of rotatable bonds is 5. The Hall–Kier alpha value is -1.53. The van der Waals surface area contributed by atoms with Crippen LogP contribution in [0.25, 0.3) is 0 Å². The lowest BCUT2D eigenvalue weighted by Crippen LogP contribution is -2.44. The van der Waals surface area contributed by atoms with Crippen LogP contribution in [0.15, 0.2) is 18.2 Å². The number of amides is 1. The van der Waals surface area contributed by atoms with E-state index in [2.05, 4.69) is 5.32 Å². The van der Waals surface area contributed by atoms with Crippen LogP contribution in [-0.4, -0.2) is 41.7 Å². The summed E-state index contributed by atoms with van der Waals surface area (Å²) < 4.78 is 26.7. The normalized spacial score (nSPS) is 22.9. The van der Waals surface area contributed by atoms with Crippen LogP contribution in [0.1, 0.15) is 32.6 Å². The SMILES string of the molecule is CC(C(=O)Nc1cc(F)ccc1F)N(C)CC1CCCCC1O. The molecule has 1 aliphatic rings. The Bertz CT molecular complexity index is 553. The van der Waals surface area contributed by atoms with Crippen molar-refractivity contribution >= 4 is 11.6 Å². The number of aliphatic hydroxyl groups excluding tert-OH is 1. The number of aliphatic hydroxyl groups is 1. The van der Waals surface area contributed by atoms with E-state index in [-0.39, 0.29) is 17.7 Å². The van der Waals surface area contributed by atoms with Gasteiger partial charge in [0.15, 0.2) is 0 Å². The number of nitrogens with one attached hydrogen (secondary N) is 1. The zero-order chi connectivity index (χ0) is 17.0. The second-order valence-corrected chi connectivity index (χ2v) is 6.34. The molecule has 0 saturated heterocycles. The van der Waals surface area contributed by atoms with Crippen molar-refractivity contribution in [3.8, 4) is 0 Å². The fraction of sp³-hybridized carbons (Fsp3) is 0.588. The van der Waals surface area contributed by atoms with Gasteiger partial charge in [0.05, 0.1) is 17.8 Å². The van der Waals surface area contributed by atoms with Crippen LogP contribution in [0.4, 0.5) is 14.5 Å². The number of anilines is 1. The fourth-order valence-electron chi connectivity index (χ4n) is 2.96. The first kappa shape index (κ1) is 17.8. The van der Waals surface area contributed by atoms with Crippen LogP contribution in [0, 0.1) is 17.6 Å². The van der Waals surface area contributed by atoms with Crippen molar-refractivity contribution in [3.05, 3.63) is 29.8 Å². The molecule has 1 saturated carbocycles. The number of hydrogen-bond acceptors (Lipinski definition) is 3. The molecule has 0 radical (unpaired) electrons. The van der Waals surface area contributed by atoms with Gasteiger partial charge in [-0.1, -0.05) is 12.8 Å². The quantitative estimate of drug-likeness (QED) is 0.875. The highest BCUT2D eigenvalue weighted by molar-refractivity contribution is 5.94. The highest BCUT2D eigenvalue weighted by atomic mass is 19.1. The molecule has 1 aliphatic carbocycles. The molecule has 0 aliphatic heterocycles. The summed E-state index contributed by atoms with van der Waals surface area (Å²) in [6.45, 7) is 2.31. The van der Waals surface area contributed by atoms with Gasteiger partial charge in [-0.25, -0.2) is 8.78 Å². The predicted molar refractivity (Wildman–Crippen MR) is 85.0 cm³/mol. The van der Waals surface area contributed by atoms with Gasteiger partial charge in [-0.05, 0) is 44.9 Å². The lowest BCUT2D eigenvalue weighted by Gasteiger charge is -2.33. The summed E-state index contributed by atoms with van der Waals surface area (Å²) in [7, 11) is 1.80. The Morgan fingerprint density at radius 2 is 2.09 bits per heavy atom. The summed E-state index contributed by atoms with van der Waals surface area (Å²) in [4.78, 5) is 14.1. The number of hydrogen-bond donors (Lipinski definition) is 2. The number of likely N-dealkylation sites (N-methyl/N-ethyl adjacent to an activating group) is 1. The van der Waals surface area contributed by atoms with Gasteiger partial charge in [0.1, 0.15) is 11.6 Å². The van der Waals surface area contributed by atoms with Gasteiger partial charge in [-0.3, -0.25) is 9.69 Å². The molecule has 4 nitrogen and oxygen atoms in total. The van der Waals surface area contributed by atoms with Gasteiger partial charge >= 0.3 is 0 Å². The number of nitrogens with zero attached hydrogens (tertiary/aromatic N) is 1. The molecule has 2 N–H and O–H groups in total. The lowest BCUT2D eigenvalue weighted by molar-refractivity contribution is -0.120. The average molecular weight is 326 g/mol. The lowest BCUT2D eigenvalue weighted by atomic mass is 9.86. The van der Waals surface area contributed by atoms with Gasteiger partial charge in [0, 0.05) is 12.6 Å². The summed E-state index contributed by atoms with van der Waals surface area (Å²) in [5.74, 6) is -1.53. The van der Waals surface area contributed by atoms with Crippen molar-refractivity contribution in [1.29, 1.82) is 0 Å². The van der Waals surface area contributed by atoms with E-state index in [1.54, 1.807) is 14.0 Å². The van der Waals surface area contributed by atoms with Crippen LogP contribution >= 0.6 is 0 Å². The standard InChI is InChI=1S/C17H24F2N2O2/c1-11(21(2)10-12-5-3-4-6-16(12)22)17(23)20-15-9-13(18)7-8-14(15)19/h7-9,11-12,16,22H,3-6,10H2,1-2H3,(H,20,23). The zero-order valence-corrected chi connectivity index (χ0v) is 13.6. The molecule has 1 aromatic rings. The first-order valence-electron chi connectivity index (χ1n) is 8.02. The average Bonchev–Trinajstić information content (AvgIpc) is 2.52. The number of halogens is 2. The number of carbonyl (C=O) groups is 1. The Balaban J connectivity index is 1.94. The van der Waals surface area contributed by atoms with E-state index in [0.29, 0.717) is 6.54 Å². The molecule has 0 heterocycles.